The Labute approximate surface area is 258 Å². The summed E-state index contributed by atoms with van der Waals surface area (Å²) in [4.78, 5) is 36.1. The van der Waals surface area contributed by atoms with Crippen molar-refractivity contribution in [3.05, 3.63) is 98.3 Å². The van der Waals surface area contributed by atoms with Crippen molar-refractivity contribution < 1.29 is 13.9 Å². The van der Waals surface area contributed by atoms with E-state index in [-0.39, 0.29) is 10.9 Å². The van der Waals surface area contributed by atoms with Crippen molar-refractivity contribution in [1.29, 1.82) is 0 Å². The summed E-state index contributed by atoms with van der Waals surface area (Å²) in [6, 6.07) is 21.0. The van der Waals surface area contributed by atoms with Crippen molar-refractivity contribution in [3.63, 3.8) is 0 Å². The largest absolute Gasteiger partial charge is 0.454 e. The molecule has 0 aliphatic carbocycles. The molecule has 2 N–H and O–H groups in total. The van der Waals surface area contributed by atoms with Gasteiger partial charge >= 0.3 is 0 Å². The fourth-order valence-electron chi connectivity index (χ4n) is 6.69. The number of hydrogen-bond donors (Lipinski definition) is 2. The molecule has 0 bridgehead atoms. The summed E-state index contributed by atoms with van der Waals surface area (Å²) in [7, 11) is 0. The second-order valence-corrected chi connectivity index (χ2v) is 12.1. The van der Waals surface area contributed by atoms with Gasteiger partial charge in [0.1, 0.15) is 0 Å². The zero-order valence-corrected chi connectivity index (χ0v) is 25.2. The minimum absolute atomic E-state index is 0.152. The van der Waals surface area contributed by atoms with Gasteiger partial charge in [0.2, 0.25) is 6.79 Å². The predicted octanol–water partition coefficient (Wildman–Crippen LogP) is 5.60. The zero-order valence-electron chi connectivity index (χ0n) is 25.2. The van der Waals surface area contributed by atoms with Gasteiger partial charge in [0, 0.05) is 61.8 Å². The second kappa shape index (κ2) is 11.3. The molecule has 45 heavy (non-hydrogen) atoms. The van der Waals surface area contributed by atoms with E-state index in [0.717, 1.165) is 68.3 Å². The first kappa shape index (κ1) is 27.7. The minimum Gasteiger partial charge on any atom is -0.454 e. The Hall–Kier alpha value is -4.86. The Morgan fingerprint density at radius 3 is 2.38 bits per heavy atom. The van der Waals surface area contributed by atoms with Crippen LogP contribution in [0.5, 0.6) is 11.5 Å². The molecule has 0 atom stereocenters. The van der Waals surface area contributed by atoms with Gasteiger partial charge in [0.15, 0.2) is 33.5 Å². The molecule has 2 aliphatic heterocycles. The van der Waals surface area contributed by atoms with Crippen LogP contribution in [0.3, 0.4) is 0 Å². The maximum atomic E-state index is 13.9. The highest BCUT2D eigenvalue weighted by Gasteiger charge is 2.21. The monoisotopic (exact) mass is 602 g/mol. The maximum Gasteiger partial charge on any atom is 0.231 e. The van der Waals surface area contributed by atoms with E-state index in [1.807, 2.05) is 37.3 Å². The molecule has 3 heterocycles. The molecule has 0 saturated carbocycles. The van der Waals surface area contributed by atoms with E-state index in [1.165, 1.54) is 5.56 Å². The van der Waals surface area contributed by atoms with Crippen LogP contribution in [0.15, 0.2) is 80.7 Å². The molecule has 0 radical (unpaired) electrons. The molecule has 9 heteroatoms. The van der Waals surface area contributed by atoms with Gasteiger partial charge < -0.3 is 29.1 Å². The topological polar surface area (TPSA) is 100 Å². The molecule has 5 aromatic carbocycles. The highest BCUT2D eigenvalue weighted by molar-refractivity contribution is 6.14. The standard InChI is InChI=1S/C36H34N4O5/c1-22-7-9-28-26(17-22)38-34-31(45-28)19-27(32-33(34)36(42)25-6-3-2-5-24(25)35(32)41)37-11-4-12-39-13-15-40(16-14-39)20-23-8-10-29-30(18-23)44-21-43-29/h2-3,5-10,17-19,37-38H,4,11-16,20-21H2,1H3. The van der Waals surface area contributed by atoms with Crippen LogP contribution in [0.4, 0.5) is 5.69 Å². The van der Waals surface area contributed by atoms with Crippen molar-refractivity contribution in [3.8, 4) is 11.5 Å². The fourth-order valence-corrected chi connectivity index (χ4v) is 6.69. The molecule has 9 nitrogen and oxygen atoms in total. The summed E-state index contributed by atoms with van der Waals surface area (Å²) in [5.41, 5.74) is 5.14. The van der Waals surface area contributed by atoms with Crippen LogP contribution in [0, 0.1) is 6.92 Å². The lowest BCUT2D eigenvalue weighted by molar-refractivity contribution is 0.127. The van der Waals surface area contributed by atoms with Gasteiger partial charge in [-0.3, -0.25) is 14.5 Å². The number of aromatic nitrogens is 1. The van der Waals surface area contributed by atoms with Gasteiger partial charge in [0.25, 0.3) is 0 Å². The molecule has 8 rings (SSSR count). The molecule has 1 saturated heterocycles. The van der Waals surface area contributed by atoms with E-state index < -0.39 is 0 Å². The van der Waals surface area contributed by atoms with E-state index in [4.69, 9.17) is 13.9 Å². The molecular formula is C36H34N4O5. The minimum atomic E-state index is -0.175. The Balaban J connectivity index is 1.01. The number of benzene rings is 5. The Kier molecular flexibility index (Phi) is 6.92. The summed E-state index contributed by atoms with van der Waals surface area (Å²) in [6.45, 7) is 8.81. The lowest BCUT2D eigenvalue weighted by Gasteiger charge is -2.34. The third-order valence-corrected chi connectivity index (χ3v) is 9.05. The van der Waals surface area contributed by atoms with Crippen LogP contribution in [-0.2, 0) is 6.54 Å². The lowest BCUT2D eigenvalue weighted by atomic mass is 9.99. The number of rotatable bonds is 7. The molecule has 0 spiro atoms. The molecule has 1 fully saturated rings. The number of H-pyrrole nitrogens is 1. The first-order valence-electron chi connectivity index (χ1n) is 15.5. The third-order valence-electron chi connectivity index (χ3n) is 9.05. The smallest absolute Gasteiger partial charge is 0.231 e. The van der Waals surface area contributed by atoms with Gasteiger partial charge in [0.05, 0.1) is 21.8 Å². The van der Waals surface area contributed by atoms with Crippen molar-refractivity contribution in [2.75, 3.05) is 51.4 Å². The van der Waals surface area contributed by atoms with Crippen LogP contribution in [-0.4, -0.2) is 60.8 Å². The van der Waals surface area contributed by atoms with Crippen molar-refractivity contribution in [2.45, 2.75) is 19.9 Å². The summed E-state index contributed by atoms with van der Waals surface area (Å²) < 4.78 is 17.3. The van der Waals surface area contributed by atoms with Gasteiger partial charge in [-0.05, 0) is 55.3 Å². The Morgan fingerprint density at radius 1 is 0.800 bits per heavy atom. The molecule has 0 amide bonds. The van der Waals surface area contributed by atoms with Crippen molar-refractivity contribution in [1.82, 2.24) is 14.8 Å². The van der Waals surface area contributed by atoms with E-state index in [1.54, 1.807) is 24.3 Å². The molecule has 2 aliphatic rings. The van der Waals surface area contributed by atoms with Gasteiger partial charge in [-0.25, -0.2) is 0 Å². The van der Waals surface area contributed by atoms with E-state index >= 15 is 0 Å². The van der Waals surface area contributed by atoms with Crippen molar-refractivity contribution >= 4 is 49.4 Å². The van der Waals surface area contributed by atoms with Gasteiger partial charge in [-0.2, -0.15) is 0 Å². The molecule has 228 valence electrons. The SMILES string of the molecule is Cc1ccc2oc3cc(NCCCN4CCN(Cc5ccc6c(c5)OCO6)CC4)c4c(=O)c5ccccc5c(=O)c4c3[nH]c2c1. The lowest BCUT2D eigenvalue weighted by Crippen LogP contribution is -2.46. The number of ether oxygens (including phenoxy) is 2. The number of nitrogens with one attached hydrogen (secondary N) is 2. The van der Waals surface area contributed by atoms with Gasteiger partial charge in [-0.1, -0.05) is 36.4 Å². The summed E-state index contributed by atoms with van der Waals surface area (Å²) >= 11 is 0. The zero-order chi connectivity index (χ0) is 30.5. The number of aryl methyl sites for hydroxylation is 1. The normalized spacial score (nSPS) is 15.5. The molecular weight excluding hydrogens is 568 g/mol. The third kappa shape index (κ3) is 5.08. The number of fused-ring (bicyclic) bond motifs is 6. The summed E-state index contributed by atoms with van der Waals surface area (Å²) in [5.74, 6) is 1.65. The average molecular weight is 603 g/mol. The number of aromatic amines is 1. The first-order chi connectivity index (χ1) is 22.0. The predicted molar refractivity (Wildman–Crippen MR) is 178 cm³/mol. The molecule has 6 aromatic rings. The van der Waals surface area contributed by atoms with E-state index in [2.05, 4.69) is 32.2 Å². The Morgan fingerprint density at radius 2 is 1.56 bits per heavy atom. The summed E-state index contributed by atoms with van der Waals surface area (Å²) in [6.07, 6.45) is 0.897. The van der Waals surface area contributed by atoms with Gasteiger partial charge in [-0.15, -0.1) is 0 Å². The van der Waals surface area contributed by atoms with E-state index in [0.29, 0.717) is 57.3 Å². The van der Waals surface area contributed by atoms with E-state index in [9.17, 15) is 9.59 Å². The van der Waals surface area contributed by atoms with Crippen LogP contribution in [0.2, 0.25) is 0 Å². The number of nitrogens with zero attached hydrogens (tertiary/aromatic N) is 2. The van der Waals surface area contributed by atoms with Crippen LogP contribution in [0.1, 0.15) is 17.5 Å². The second-order valence-electron chi connectivity index (χ2n) is 12.1. The highest BCUT2D eigenvalue weighted by atomic mass is 16.7. The van der Waals surface area contributed by atoms with Crippen LogP contribution in [0.25, 0.3) is 43.7 Å². The average Bonchev–Trinajstić information content (AvgIpc) is 3.53. The first-order valence-corrected chi connectivity index (χ1v) is 15.5. The fraction of sp³-hybridized carbons (Fsp3) is 0.278. The Bertz CT molecular complexity index is 2210. The van der Waals surface area contributed by atoms with Crippen LogP contribution >= 0.6 is 0 Å². The number of anilines is 1. The quantitative estimate of drug-likeness (QED) is 0.139. The molecule has 0 unspecified atom stereocenters. The number of piperazine rings is 1. The molecule has 1 aromatic heterocycles. The van der Waals surface area contributed by atoms with Crippen molar-refractivity contribution in [2.24, 2.45) is 0 Å². The maximum absolute atomic E-state index is 13.9. The number of hydrogen-bond acceptors (Lipinski definition) is 8. The van der Waals surface area contributed by atoms with Crippen LogP contribution < -0.4 is 25.6 Å². The highest BCUT2D eigenvalue weighted by Crippen LogP contribution is 2.33. The summed E-state index contributed by atoms with van der Waals surface area (Å²) in [5, 5.41) is 5.12.